The third kappa shape index (κ3) is 4.87. The number of hydrogen-bond acceptors (Lipinski definition) is 4. The van der Waals surface area contributed by atoms with E-state index in [9.17, 15) is 9.59 Å². The number of anilines is 1. The molecule has 1 aromatic carbocycles. The summed E-state index contributed by atoms with van der Waals surface area (Å²) in [5.41, 5.74) is 2.30. The molecule has 0 bridgehead atoms. The van der Waals surface area contributed by atoms with E-state index in [-0.39, 0.29) is 17.9 Å². The Hall–Kier alpha value is -1.92. The van der Waals surface area contributed by atoms with Crippen LogP contribution in [0.1, 0.15) is 32.3 Å². The van der Waals surface area contributed by atoms with Crippen molar-refractivity contribution >= 4 is 17.5 Å². The molecule has 2 amide bonds. The van der Waals surface area contributed by atoms with E-state index in [1.54, 1.807) is 0 Å². The summed E-state index contributed by atoms with van der Waals surface area (Å²) in [5, 5.41) is 0. The Morgan fingerprint density at radius 3 is 2.59 bits per heavy atom. The molecule has 2 aliphatic rings. The minimum absolute atomic E-state index is 0.0607. The number of hydrogen-bond donors (Lipinski definition) is 0. The smallest absolute Gasteiger partial charge is 0.251 e. The lowest BCUT2D eigenvalue weighted by Gasteiger charge is -2.36. The van der Waals surface area contributed by atoms with E-state index in [2.05, 4.69) is 17.9 Å². The van der Waals surface area contributed by atoms with Crippen LogP contribution in [0.3, 0.4) is 0 Å². The third-order valence-corrected chi connectivity index (χ3v) is 5.44. The van der Waals surface area contributed by atoms with Crippen molar-refractivity contribution in [2.45, 2.75) is 39.2 Å². The van der Waals surface area contributed by atoms with Gasteiger partial charge in [-0.25, -0.2) is 0 Å². The van der Waals surface area contributed by atoms with Gasteiger partial charge in [-0.2, -0.15) is 0 Å². The molecule has 1 atom stereocenters. The number of para-hydroxylation sites is 1. The van der Waals surface area contributed by atoms with Crippen molar-refractivity contribution in [3.63, 3.8) is 0 Å². The Morgan fingerprint density at radius 1 is 1.11 bits per heavy atom. The molecule has 0 N–H and O–H groups in total. The number of fused-ring (bicyclic) bond motifs is 1. The summed E-state index contributed by atoms with van der Waals surface area (Å²) in [6.07, 6.45) is 2.59. The molecule has 27 heavy (non-hydrogen) atoms. The molecule has 1 aromatic rings. The van der Waals surface area contributed by atoms with Crippen LogP contribution in [0.25, 0.3) is 0 Å². The summed E-state index contributed by atoms with van der Waals surface area (Å²) in [4.78, 5) is 31.1. The first-order chi connectivity index (χ1) is 13.1. The van der Waals surface area contributed by atoms with Gasteiger partial charge >= 0.3 is 0 Å². The van der Waals surface area contributed by atoms with Crippen molar-refractivity contribution < 1.29 is 14.3 Å². The molecule has 1 unspecified atom stereocenters. The van der Waals surface area contributed by atoms with Crippen LogP contribution in [0.4, 0.5) is 5.69 Å². The van der Waals surface area contributed by atoms with E-state index in [1.165, 1.54) is 5.56 Å². The highest BCUT2D eigenvalue weighted by atomic mass is 16.5. The number of rotatable bonds is 7. The second-order valence-electron chi connectivity index (χ2n) is 7.39. The van der Waals surface area contributed by atoms with Crippen molar-refractivity contribution in [1.29, 1.82) is 0 Å². The molecule has 6 heteroatoms. The number of nitrogens with zero attached hydrogens (tertiary/aromatic N) is 3. The normalized spacial score (nSPS) is 18.4. The minimum Gasteiger partial charge on any atom is -0.369 e. The average molecular weight is 373 g/mol. The number of ether oxygens (including phenoxy) is 1. The zero-order valence-corrected chi connectivity index (χ0v) is 16.5. The van der Waals surface area contributed by atoms with Crippen LogP contribution in [0.15, 0.2) is 24.3 Å². The van der Waals surface area contributed by atoms with Gasteiger partial charge in [0.15, 0.2) is 0 Å². The maximum atomic E-state index is 12.7. The van der Waals surface area contributed by atoms with Gasteiger partial charge in [0.1, 0.15) is 6.10 Å². The molecule has 2 aliphatic heterocycles. The SMILES string of the molecule is CCCCOC(C)C(=O)N1CCN(CC(=O)N2CCc3ccccc32)CC1. The molecule has 3 rings (SSSR count). The van der Waals surface area contributed by atoms with E-state index >= 15 is 0 Å². The fourth-order valence-electron chi connectivity index (χ4n) is 3.73. The maximum Gasteiger partial charge on any atom is 0.251 e. The van der Waals surface area contributed by atoms with Crippen molar-refractivity contribution in [3.05, 3.63) is 29.8 Å². The summed E-state index contributed by atoms with van der Waals surface area (Å²) in [6.45, 7) is 8.53. The van der Waals surface area contributed by atoms with Gasteiger partial charge in [-0.15, -0.1) is 0 Å². The quantitative estimate of drug-likeness (QED) is 0.686. The molecule has 148 valence electrons. The second-order valence-corrected chi connectivity index (χ2v) is 7.39. The summed E-state index contributed by atoms with van der Waals surface area (Å²) in [5.74, 6) is 0.210. The lowest BCUT2D eigenvalue weighted by molar-refractivity contribution is -0.144. The Kier molecular flexibility index (Phi) is 6.85. The van der Waals surface area contributed by atoms with Crippen LogP contribution < -0.4 is 4.90 Å². The highest BCUT2D eigenvalue weighted by Gasteiger charge is 2.29. The van der Waals surface area contributed by atoms with Gasteiger partial charge < -0.3 is 14.5 Å². The summed E-state index contributed by atoms with van der Waals surface area (Å²) < 4.78 is 5.62. The van der Waals surface area contributed by atoms with Crippen LogP contribution in [0.2, 0.25) is 0 Å². The summed E-state index contributed by atoms with van der Waals surface area (Å²) >= 11 is 0. The third-order valence-electron chi connectivity index (χ3n) is 5.44. The zero-order chi connectivity index (χ0) is 19.2. The van der Waals surface area contributed by atoms with Crippen LogP contribution in [-0.2, 0) is 20.7 Å². The van der Waals surface area contributed by atoms with E-state index in [1.807, 2.05) is 34.9 Å². The second kappa shape index (κ2) is 9.33. The molecule has 0 aliphatic carbocycles. The molecule has 2 heterocycles. The van der Waals surface area contributed by atoms with Crippen molar-refractivity contribution in [2.24, 2.45) is 0 Å². The van der Waals surface area contributed by atoms with E-state index in [0.717, 1.165) is 44.6 Å². The number of amides is 2. The first-order valence-corrected chi connectivity index (χ1v) is 10.1. The van der Waals surface area contributed by atoms with Gasteiger partial charge in [-0.05, 0) is 31.4 Å². The lowest BCUT2D eigenvalue weighted by atomic mass is 10.2. The topological polar surface area (TPSA) is 53.1 Å². The monoisotopic (exact) mass is 373 g/mol. The number of benzene rings is 1. The van der Waals surface area contributed by atoms with Crippen molar-refractivity contribution in [1.82, 2.24) is 9.80 Å². The van der Waals surface area contributed by atoms with E-state index in [4.69, 9.17) is 4.74 Å². The molecular formula is C21H31N3O3. The van der Waals surface area contributed by atoms with Gasteiger partial charge in [0.05, 0.1) is 6.54 Å². The lowest BCUT2D eigenvalue weighted by Crippen LogP contribution is -2.53. The first kappa shape index (κ1) is 19.8. The van der Waals surface area contributed by atoms with Crippen molar-refractivity contribution in [3.8, 4) is 0 Å². The number of carbonyl (C=O) groups excluding carboxylic acids is 2. The molecular weight excluding hydrogens is 342 g/mol. The first-order valence-electron chi connectivity index (χ1n) is 10.1. The van der Waals surface area contributed by atoms with Gasteiger partial charge in [0.25, 0.3) is 5.91 Å². The van der Waals surface area contributed by atoms with E-state index < -0.39 is 0 Å². The van der Waals surface area contributed by atoms with Gasteiger partial charge in [-0.1, -0.05) is 31.5 Å². The standard InChI is InChI=1S/C21H31N3O3/c1-3-4-15-27-17(2)21(26)23-13-11-22(12-14-23)16-20(25)24-10-9-18-7-5-6-8-19(18)24/h5-8,17H,3-4,9-16H2,1-2H3. The van der Waals surface area contributed by atoms with E-state index in [0.29, 0.717) is 26.2 Å². The predicted molar refractivity (Wildman–Crippen MR) is 106 cm³/mol. The fraction of sp³-hybridized carbons (Fsp3) is 0.619. The highest BCUT2D eigenvalue weighted by molar-refractivity contribution is 5.96. The largest absolute Gasteiger partial charge is 0.369 e. The summed E-state index contributed by atoms with van der Waals surface area (Å²) in [7, 11) is 0. The average Bonchev–Trinajstić information content (AvgIpc) is 3.12. The number of piperazine rings is 1. The molecule has 0 radical (unpaired) electrons. The number of carbonyl (C=O) groups is 2. The van der Waals surface area contributed by atoms with Crippen LogP contribution >= 0.6 is 0 Å². The molecule has 1 fully saturated rings. The van der Waals surface area contributed by atoms with Crippen LogP contribution in [-0.4, -0.2) is 73.6 Å². The zero-order valence-electron chi connectivity index (χ0n) is 16.5. The predicted octanol–water partition coefficient (Wildman–Crippen LogP) is 1.93. The summed E-state index contributed by atoms with van der Waals surface area (Å²) in [6, 6.07) is 8.13. The Balaban J connectivity index is 1.44. The highest BCUT2D eigenvalue weighted by Crippen LogP contribution is 2.27. The molecule has 0 aromatic heterocycles. The molecule has 6 nitrogen and oxygen atoms in total. The van der Waals surface area contributed by atoms with Gasteiger partial charge in [-0.3, -0.25) is 14.5 Å². The Bertz CT molecular complexity index is 656. The van der Waals surface area contributed by atoms with Crippen molar-refractivity contribution in [2.75, 3.05) is 50.8 Å². The van der Waals surface area contributed by atoms with Crippen LogP contribution in [0, 0.1) is 0 Å². The van der Waals surface area contributed by atoms with Gasteiger partial charge in [0, 0.05) is 45.0 Å². The molecule has 1 saturated heterocycles. The minimum atomic E-state index is -0.383. The molecule has 0 saturated carbocycles. The fourth-order valence-corrected chi connectivity index (χ4v) is 3.73. The maximum absolute atomic E-state index is 12.7. The Morgan fingerprint density at radius 2 is 1.85 bits per heavy atom. The number of unbranched alkanes of at least 4 members (excludes halogenated alkanes) is 1. The van der Waals surface area contributed by atoms with Crippen LogP contribution in [0.5, 0.6) is 0 Å². The van der Waals surface area contributed by atoms with Gasteiger partial charge in [0.2, 0.25) is 5.91 Å². The Labute approximate surface area is 162 Å². The molecule has 0 spiro atoms.